The number of anilines is 1. The molecule has 0 aromatic heterocycles. The summed E-state index contributed by atoms with van der Waals surface area (Å²) < 4.78 is 0. The highest BCUT2D eigenvalue weighted by Crippen LogP contribution is 2.17. The molecule has 0 heterocycles. The van der Waals surface area contributed by atoms with Gasteiger partial charge in [0.15, 0.2) is 0 Å². The van der Waals surface area contributed by atoms with Crippen LogP contribution in [-0.2, 0) is 6.42 Å². The van der Waals surface area contributed by atoms with Gasteiger partial charge in [-0.3, -0.25) is 0 Å². The van der Waals surface area contributed by atoms with E-state index >= 15 is 0 Å². The topological polar surface area (TPSA) is 12.0 Å². The summed E-state index contributed by atoms with van der Waals surface area (Å²) in [5.41, 5.74) is 3.92. The van der Waals surface area contributed by atoms with Crippen LogP contribution >= 0.6 is 0 Å². The molecule has 1 heteroatoms. The number of nitrogens with one attached hydrogen (secondary N) is 1. The minimum Gasteiger partial charge on any atom is -0.381 e. The number of hydrogen-bond acceptors (Lipinski definition) is 1. The van der Waals surface area contributed by atoms with Crippen molar-refractivity contribution in [3.05, 3.63) is 42.0 Å². The normalized spacial score (nSPS) is 10.0. The van der Waals surface area contributed by atoms with E-state index in [1.807, 2.05) is 0 Å². The molecule has 0 aliphatic rings. The van der Waals surface area contributed by atoms with Gasteiger partial charge in [0.25, 0.3) is 0 Å². The van der Waals surface area contributed by atoms with Crippen molar-refractivity contribution in [2.24, 2.45) is 0 Å². The lowest BCUT2D eigenvalue weighted by molar-refractivity contribution is 0.920. The fraction of sp³-hybridized carbons (Fsp3) is 0.429. The Morgan fingerprint density at radius 1 is 1.27 bits per heavy atom. The van der Waals surface area contributed by atoms with Crippen LogP contribution in [-0.4, -0.2) is 6.54 Å². The highest BCUT2D eigenvalue weighted by Gasteiger charge is 1.99. The molecule has 1 aromatic rings. The van der Waals surface area contributed by atoms with Crippen LogP contribution in [0.4, 0.5) is 5.69 Å². The molecule has 0 spiro atoms. The van der Waals surface area contributed by atoms with Gasteiger partial charge in [-0.2, -0.15) is 0 Å². The monoisotopic (exact) mass is 203 g/mol. The fourth-order valence-electron chi connectivity index (χ4n) is 1.53. The summed E-state index contributed by atoms with van der Waals surface area (Å²) in [6.45, 7) is 9.24. The number of rotatable bonds is 6. The zero-order valence-corrected chi connectivity index (χ0v) is 9.84. The molecule has 0 atom stereocenters. The van der Waals surface area contributed by atoms with Crippen LogP contribution in [0, 0.1) is 0 Å². The second kappa shape index (κ2) is 6.28. The first-order valence-electron chi connectivity index (χ1n) is 5.76. The Balaban J connectivity index is 2.62. The maximum Gasteiger partial charge on any atom is 0.0375 e. The molecule has 15 heavy (non-hydrogen) atoms. The molecular weight excluding hydrogens is 182 g/mol. The van der Waals surface area contributed by atoms with Gasteiger partial charge in [-0.1, -0.05) is 50.6 Å². The van der Waals surface area contributed by atoms with Gasteiger partial charge in [0.2, 0.25) is 0 Å². The van der Waals surface area contributed by atoms with E-state index in [9.17, 15) is 0 Å². The van der Waals surface area contributed by atoms with Crippen molar-refractivity contribution < 1.29 is 0 Å². The summed E-state index contributed by atoms with van der Waals surface area (Å²) in [7, 11) is 0. The van der Waals surface area contributed by atoms with Crippen LogP contribution in [0.3, 0.4) is 0 Å². The molecule has 0 fully saturated rings. The van der Waals surface area contributed by atoms with Crippen molar-refractivity contribution in [2.75, 3.05) is 11.9 Å². The van der Waals surface area contributed by atoms with Gasteiger partial charge in [-0.15, -0.1) is 0 Å². The van der Waals surface area contributed by atoms with Crippen LogP contribution in [0.5, 0.6) is 0 Å². The van der Waals surface area contributed by atoms with Gasteiger partial charge in [-0.05, 0) is 24.5 Å². The van der Waals surface area contributed by atoms with Crippen molar-refractivity contribution in [3.8, 4) is 0 Å². The Bertz CT molecular complexity index is 315. The maximum absolute atomic E-state index is 4.00. The fourth-order valence-corrected chi connectivity index (χ4v) is 1.53. The third-order valence-electron chi connectivity index (χ3n) is 2.57. The highest BCUT2D eigenvalue weighted by atomic mass is 14.9. The van der Waals surface area contributed by atoms with E-state index < -0.39 is 0 Å². The molecule has 1 rings (SSSR count). The van der Waals surface area contributed by atoms with Crippen molar-refractivity contribution >= 4 is 5.69 Å². The van der Waals surface area contributed by atoms with Gasteiger partial charge in [0, 0.05) is 12.2 Å². The molecule has 0 saturated carbocycles. The Morgan fingerprint density at radius 2 is 2.00 bits per heavy atom. The molecule has 1 aromatic carbocycles. The van der Waals surface area contributed by atoms with E-state index in [0.717, 1.165) is 19.4 Å². The molecule has 1 nitrogen and oxygen atoms in total. The van der Waals surface area contributed by atoms with Crippen LogP contribution in [0.15, 0.2) is 36.4 Å². The van der Waals surface area contributed by atoms with Crippen LogP contribution in [0.25, 0.3) is 0 Å². The van der Waals surface area contributed by atoms with Gasteiger partial charge in [0.1, 0.15) is 0 Å². The second-order valence-electron chi connectivity index (χ2n) is 3.86. The average Bonchev–Trinajstić information content (AvgIpc) is 2.28. The molecular formula is C14H21N. The lowest BCUT2D eigenvalue weighted by atomic mass is 10.1. The highest BCUT2D eigenvalue weighted by molar-refractivity contribution is 5.51. The van der Waals surface area contributed by atoms with E-state index in [1.54, 1.807) is 0 Å². The van der Waals surface area contributed by atoms with Crippen molar-refractivity contribution in [1.82, 2.24) is 0 Å². The van der Waals surface area contributed by atoms with Gasteiger partial charge in [-0.25, -0.2) is 0 Å². The summed E-state index contributed by atoms with van der Waals surface area (Å²) in [5.74, 6) is 0. The molecule has 0 saturated heterocycles. The van der Waals surface area contributed by atoms with Gasteiger partial charge >= 0.3 is 0 Å². The lowest BCUT2D eigenvalue weighted by Gasteiger charge is -2.11. The first-order valence-corrected chi connectivity index (χ1v) is 5.76. The predicted molar refractivity (Wildman–Crippen MR) is 68.4 cm³/mol. The van der Waals surface area contributed by atoms with Crippen LogP contribution in [0.2, 0.25) is 0 Å². The maximum atomic E-state index is 4.00. The van der Waals surface area contributed by atoms with E-state index in [0.29, 0.717) is 0 Å². The number of aryl methyl sites for hydroxylation is 1. The number of hydrogen-bond donors (Lipinski definition) is 1. The molecule has 0 unspecified atom stereocenters. The summed E-state index contributed by atoms with van der Waals surface area (Å²) >= 11 is 0. The summed E-state index contributed by atoms with van der Waals surface area (Å²) in [6.07, 6.45) is 3.37. The minimum atomic E-state index is 0.886. The Labute approximate surface area is 93.2 Å². The second-order valence-corrected chi connectivity index (χ2v) is 3.86. The van der Waals surface area contributed by atoms with E-state index in [-0.39, 0.29) is 0 Å². The standard InChI is InChI=1S/C14H21N/c1-4-8-13-9-6-7-10-14(13)15-11-12(3)5-2/h6-7,9-10,15H,3-5,8,11H2,1-2H3. The molecule has 0 aliphatic carbocycles. The van der Waals surface area contributed by atoms with E-state index in [4.69, 9.17) is 0 Å². The van der Waals surface area contributed by atoms with E-state index in [1.165, 1.54) is 23.2 Å². The van der Waals surface area contributed by atoms with Crippen molar-refractivity contribution in [1.29, 1.82) is 0 Å². The number of benzene rings is 1. The molecule has 0 amide bonds. The summed E-state index contributed by atoms with van der Waals surface area (Å²) in [4.78, 5) is 0. The van der Waals surface area contributed by atoms with E-state index in [2.05, 4.69) is 50.0 Å². The average molecular weight is 203 g/mol. The molecule has 82 valence electrons. The zero-order valence-electron chi connectivity index (χ0n) is 9.84. The summed E-state index contributed by atoms with van der Waals surface area (Å²) in [5, 5.41) is 3.45. The Morgan fingerprint density at radius 3 is 2.67 bits per heavy atom. The first kappa shape index (κ1) is 11.8. The van der Waals surface area contributed by atoms with Crippen LogP contribution < -0.4 is 5.32 Å². The zero-order chi connectivity index (χ0) is 11.1. The van der Waals surface area contributed by atoms with Crippen molar-refractivity contribution in [2.45, 2.75) is 33.1 Å². The smallest absolute Gasteiger partial charge is 0.0375 e. The Hall–Kier alpha value is -1.24. The Kier molecular flexibility index (Phi) is 4.96. The number of para-hydroxylation sites is 1. The summed E-state index contributed by atoms with van der Waals surface area (Å²) in [6, 6.07) is 8.52. The van der Waals surface area contributed by atoms with Gasteiger partial charge in [0.05, 0.1) is 0 Å². The van der Waals surface area contributed by atoms with Gasteiger partial charge < -0.3 is 5.32 Å². The first-order chi connectivity index (χ1) is 7.27. The quantitative estimate of drug-likeness (QED) is 0.689. The molecule has 0 aliphatic heterocycles. The third kappa shape index (κ3) is 3.78. The molecule has 0 bridgehead atoms. The SMILES string of the molecule is C=C(CC)CNc1ccccc1CCC. The van der Waals surface area contributed by atoms with Crippen LogP contribution in [0.1, 0.15) is 32.3 Å². The third-order valence-corrected chi connectivity index (χ3v) is 2.57. The molecule has 1 N–H and O–H groups in total. The lowest BCUT2D eigenvalue weighted by Crippen LogP contribution is -2.05. The van der Waals surface area contributed by atoms with Crippen molar-refractivity contribution in [3.63, 3.8) is 0 Å². The largest absolute Gasteiger partial charge is 0.381 e. The molecule has 0 radical (unpaired) electrons. The predicted octanol–water partition coefficient (Wildman–Crippen LogP) is 4.02. The minimum absolute atomic E-state index is 0.886.